The van der Waals surface area contributed by atoms with Gasteiger partial charge >= 0.3 is 12.2 Å². The molecule has 146 valence electrons. The van der Waals surface area contributed by atoms with Gasteiger partial charge in [-0.25, -0.2) is 4.79 Å². The molecule has 0 spiro atoms. The van der Waals surface area contributed by atoms with Gasteiger partial charge in [0.25, 0.3) is 0 Å². The first kappa shape index (κ1) is 19.2. The number of urea groups is 1. The Morgan fingerprint density at radius 3 is 2.67 bits per heavy atom. The highest BCUT2D eigenvalue weighted by atomic mass is 19.4. The summed E-state index contributed by atoms with van der Waals surface area (Å²) in [5.74, 6) is 0. The zero-order valence-corrected chi connectivity index (χ0v) is 14.9. The molecule has 6 nitrogen and oxygen atoms in total. The van der Waals surface area contributed by atoms with Crippen molar-refractivity contribution in [2.24, 2.45) is 0 Å². The Hall–Kier alpha value is -2.55. The normalized spacial score (nSPS) is 14.6. The van der Waals surface area contributed by atoms with Crippen LogP contribution in [0.2, 0.25) is 0 Å². The number of carbonyl (C=O) groups is 1. The fourth-order valence-electron chi connectivity index (χ4n) is 2.98. The SMILES string of the molecule is COCCNC(=O)N1CCCn2nc(-c3ccc(C(F)(F)F)cc3)cc2C1. The van der Waals surface area contributed by atoms with E-state index in [9.17, 15) is 18.0 Å². The van der Waals surface area contributed by atoms with E-state index in [0.717, 1.165) is 24.2 Å². The third-order valence-electron chi connectivity index (χ3n) is 4.39. The van der Waals surface area contributed by atoms with Crippen molar-refractivity contribution in [1.82, 2.24) is 20.0 Å². The second-order valence-corrected chi connectivity index (χ2v) is 6.32. The summed E-state index contributed by atoms with van der Waals surface area (Å²) in [4.78, 5) is 14.0. The number of methoxy groups -OCH3 is 1. The number of alkyl halides is 3. The number of hydrogen-bond donors (Lipinski definition) is 1. The Bertz CT molecular complexity index is 787. The highest BCUT2D eigenvalue weighted by molar-refractivity contribution is 5.74. The Morgan fingerprint density at radius 1 is 1.26 bits per heavy atom. The van der Waals surface area contributed by atoms with E-state index in [1.54, 1.807) is 12.0 Å². The van der Waals surface area contributed by atoms with E-state index in [4.69, 9.17) is 4.74 Å². The summed E-state index contributed by atoms with van der Waals surface area (Å²) in [6.45, 7) is 2.53. The van der Waals surface area contributed by atoms with E-state index in [0.29, 0.717) is 44.0 Å². The summed E-state index contributed by atoms with van der Waals surface area (Å²) >= 11 is 0. The molecule has 0 atom stereocenters. The minimum atomic E-state index is -4.36. The Kier molecular flexibility index (Phi) is 5.69. The smallest absolute Gasteiger partial charge is 0.383 e. The fourth-order valence-corrected chi connectivity index (χ4v) is 2.98. The number of nitrogens with one attached hydrogen (secondary N) is 1. The number of benzene rings is 1. The van der Waals surface area contributed by atoms with Crippen LogP contribution in [-0.4, -0.2) is 47.5 Å². The van der Waals surface area contributed by atoms with Crippen LogP contribution in [0.5, 0.6) is 0 Å². The van der Waals surface area contributed by atoms with Crippen molar-refractivity contribution in [3.63, 3.8) is 0 Å². The average molecular weight is 382 g/mol. The van der Waals surface area contributed by atoms with Crippen molar-refractivity contribution in [2.45, 2.75) is 25.7 Å². The van der Waals surface area contributed by atoms with E-state index in [-0.39, 0.29) is 6.03 Å². The van der Waals surface area contributed by atoms with Gasteiger partial charge in [0.1, 0.15) is 0 Å². The number of ether oxygens (including phenoxy) is 1. The maximum absolute atomic E-state index is 12.7. The third-order valence-corrected chi connectivity index (χ3v) is 4.39. The lowest BCUT2D eigenvalue weighted by Crippen LogP contribution is -2.40. The zero-order chi connectivity index (χ0) is 19.4. The van der Waals surface area contributed by atoms with Gasteiger partial charge in [-0.05, 0) is 24.6 Å². The Labute approximate surface area is 154 Å². The largest absolute Gasteiger partial charge is 0.416 e. The molecule has 0 unspecified atom stereocenters. The fraction of sp³-hybridized carbons (Fsp3) is 0.444. The quantitative estimate of drug-likeness (QED) is 0.827. The van der Waals surface area contributed by atoms with Crippen molar-refractivity contribution in [1.29, 1.82) is 0 Å². The molecule has 2 amide bonds. The summed E-state index contributed by atoms with van der Waals surface area (Å²) in [7, 11) is 1.57. The molecule has 2 heterocycles. The number of halogens is 3. The predicted molar refractivity (Wildman–Crippen MR) is 93.0 cm³/mol. The van der Waals surface area contributed by atoms with Crippen molar-refractivity contribution in [3.8, 4) is 11.3 Å². The van der Waals surface area contributed by atoms with Crippen LogP contribution in [0.15, 0.2) is 30.3 Å². The molecule has 2 aromatic rings. The maximum atomic E-state index is 12.7. The average Bonchev–Trinajstić information content (AvgIpc) is 2.93. The second kappa shape index (κ2) is 7.99. The molecule has 1 aromatic heterocycles. The minimum Gasteiger partial charge on any atom is -0.383 e. The van der Waals surface area contributed by atoms with Crippen LogP contribution in [0.4, 0.5) is 18.0 Å². The van der Waals surface area contributed by atoms with Crippen molar-refractivity contribution < 1.29 is 22.7 Å². The lowest BCUT2D eigenvalue weighted by Gasteiger charge is -2.20. The van der Waals surface area contributed by atoms with Gasteiger partial charge in [0.15, 0.2) is 0 Å². The lowest BCUT2D eigenvalue weighted by atomic mass is 10.1. The van der Waals surface area contributed by atoms with Gasteiger partial charge in [-0.15, -0.1) is 0 Å². The Balaban J connectivity index is 1.74. The molecule has 1 aromatic carbocycles. The van der Waals surface area contributed by atoms with E-state index >= 15 is 0 Å². The molecule has 0 fully saturated rings. The van der Waals surface area contributed by atoms with Crippen LogP contribution < -0.4 is 5.32 Å². The van der Waals surface area contributed by atoms with Crippen LogP contribution in [-0.2, 0) is 24.0 Å². The van der Waals surface area contributed by atoms with Crippen LogP contribution >= 0.6 is 0 Å². The molecule has 27 heavy (non-hydrogen) atoms. The topological polar surface area (TPSA) is 59.4 Å². The maximum Gasteiger partial charge on any atom is 0.416 e. The number of aromatic nitrogens is 2. The minimum absolute atomic E-state index is 0.169. The van der Waals surface area contributed by atoms with Crippen LogP contribution in [0.25, 0.3) is 11.3 Å². The summed E-state index contributed by atoms with van der Waals surface area (Å²) < 4.78 is 44.9. The number of amides is 2. The Morgan fingerprint density at radius 2 is 2.00 bits per heavy atom. The molecule has 1 N–H and O–H groups in total. The van der Waals surface area contributed by atoms with E-state index in [2.05, 4.69) is 10.4 Å². The van der Waals surface area contributed by atoms with Crippen LogP contribution in [0.3, 0.4) is 0 Å². The monoisotopic (exact) mass is 382 g/mol. The summed E-state index contributed by atoms with van der Waals surface area (Å²) in [5.41, 5.74) is 1.37. The predicted octanol–water partition coefficient (Wildman–Crippen LogP) is 3.13. The molecule has 0 radical (unpaired) electrons. The molecular formula is C18H21F3N4O2. The first-order valence-corrected chi connectivity index (χ1v) is 8.64. The van der Waals surface area contributed by atoms with Crippen molar-refractivity contribution in [3.05, 3.63) is 41.6 Å². The third kappa shape index (κ3) is 4.60. The van der Waals surface area contributed by atoms with Crippen molar-refractivity contribution >= 4 is 6.03 Å². The van der Waals surface area contributed by atoms with Gasteiger partial charge in [-0.3, -0.25) is 4.68 Å². The lowest BCUT2D eigenvalue weighted by molar-refractivity contribution is -0.137. The van der Waals surface area contributed by atoms with Gasteiger partial charge in [0.05, 0.1) is 30.1 Å². The highest BCUT2D eigenvalue weighted by Gasteiger charge is 2.30. The molecule has 0 saturated carbocycles. The van der Waals surface area contributed by atoms with Gasteiger partial charge in [-0.1, -0.05) is 12.1 Å². The molecule has 0 bridgehead atoms. The zero-order valence-electron chi connectivity index (χ0n) is 14.9. The molecule has 0 aliphatic carbocycles. The van der Waals surface area contributed by atoms with Gasteiger partial charge in [0.2, 0.25) is 0 Å². The number of aryl methyl sites for hydroxylation is 1. The highest BCUT2D eigenvalue weighted by Crippen LogP contribution is 2.31. The number of nitrogens with zero attached hydrogens (tertiary/aromatic N) is 3. The molecular weight excluding hydrogens is 361 g/mol. The summed E-state index contributed by atoms with van der Waals surface area (Å²) in [5, 5.41) is 7.30. The second-order valence-electron chi connectivity index (χ2n) is 6.32. The number of fused-ring (bicyclic) bond motifs is 1. The molecule has 0 saturated heterocycles. The number of rotatable bonds is 4. The van der Waals surface area contributed by atoms with Gasteiger partial charge in [-0.2, -0.15) is 18.3 Å². The summed E-state index contributed by atoms with van der Waals surface area (Å²) in [6.07, 6.45) is -3.61. The molecule has 1 aliphatic heterocycles. The van der Waals surface area contributed by atoms with E-state index in [1.165, 1.54) is 12.1 Å². The van der Waals surface area contributed by atoms with E-state index < -0.39 is 11.7 Å². The van der Waals surface area contributed by atoms with Crippen molar-refractivity contribution in [2.75, 3.05) is 26.8 Å². The van der Waals surface area contributed by atoms with Gasteiger partial charge < -0.3 is 15.0 Å². The first-order valence-electron chi connectivity index (χ1n) is 8.64. The number of carbonyl (C=O) groups excluding carboxylic acids is 1. The van der Waals surface area contributed by atoms with Gasteiger partial charge in [0, 0.05) is 32.3 Å². The standard InChI is InChI=1S/C18H21F3N4O2/c1-27-10-7-22-17(26)24-8-2-9-25-15(12-24)11-16(23-25)13-3-5-14(6-4-13)18(19,20)21/h3-6,11H,2,7-10,12H2,1H3,(H,22,26). The first-order chi connectivity index (χ1) is 12.9. The molecule has 9 heteroatoms. The van der Waals surface area contributed by atoms with Crippen LogP contribution in [0, 0.1) is 0 Å². The van der Waals surface area contributed by atoms with E-state index in [1.807, 2.05) is 10.7 Å². The van der Waals surface area contributed by atoms with Crippen LogP contribution in [0.1, 0.15) is 17.7 Å². The number of hydrogen-bond acceptors (Lipinski definition) is 3. The summed E-state index contributed by atoms with van der Waals surface area (Å²) in [6, 6.07) is 6.59. The molecule has 3 rings (SSSR count). The molecule has 1 aliphatic rings.